The molecule has 0 fully saturated rings. The summed E-state index contributed by atoms with van der Waals surface area (Å²) >= 11 is 6.17. The zero-order chi connectivity index (χ0) is 20.0. The number of benzene rings is 2. The molecular formula is C21H25ClN2O3. The fourth-order valence-electron chi connectivity index (χ4n) is 2.56. The van der Waals surface area contributed by atoms with Crippen molar-refractivity contribution < 1.29 is 14.3 Å². The van der Waals surface area contributed by atoms with Gasteiger partial charge in [0.2, 0.25) is 5.91 Å². The summed E-state index contributed by atoms with van der Waals surface area (Å²) in [6.45, 7) is 7.29. The summed E-state index contributed by atoms with van der Waals surface area (Å²) in [6, 6.07) is 14.3. The molecule has 2 aromatic rings. The van der Waals surface area contributed by atoms with E-state index >= 15 is 0 Å². The zero-order valence-electron chi connectivity index (χ0n) is 16.0. The lowest BCUT2D eigenvalue weighted by Crippen LogP contribution is -2.28. The normalized spacial score (nSPS) is 12.2. The van der Waals surface area contributed by atoms with Crippen LogP contribution in [-0.2, 0) is 16.0 Å². The van der Waals surface area contributed by atoms with Crippen molar-refractivity contribution >= 4 is 29.3 Å². The SMILES string of the molecule is C[C@@H](NC(=O)Cc1cccc(NC(=O)OC(C)(C)C)c1)c1ccccc1Cl. The predicted octanol–water partition coefficient (Wildman–Crippen LogP) is 5.11. The third kappa shape index (κ3) is 6.94. The molecule has 2 N–H and O–H groups in total. The highest BCUT2D eigenvalue weighted by Gasteiger charge is 2.17. The monoisotopic (exact) mass is 388 g/mol. The number of carbonyl (C=O) groups is 2. The number of hydrogen-bond acceptors (Lipinski definition) is 3. The van der Waals surface area contributed by atoms with Gasteiger partial charge in [-0.15, -0.1) is 0 Å². The number of halogens is 1. The lowest BCUT2D eigenvalue weighted by Gasteiger charge is -2.19. The molecule has 0 unspecified atom stereocenters. The summed E-state index contributed by atoms with van der Waals surface area (Å²) < 4.78 is 5.23. The van der Waals surface area contributed by atoms with Gasteiger partial charge in [-0.3, -0.25) is 10.1 Å². The Hall–Kier alpha value is -2.53. The lowest BCUT2D eigenvalue weighted by atomic mass is 10.1. The number of carbonyl (C=O) groups excluding carboxylic acids is 2. The van der Waals surface area contributed by atoms with Crippen LogP contribution in [0.1, 0.15) is 44.9 Å². The molecule has 0 bridgehead atoms. The molecule has 0 aliphatic rings. The maximum absolute atomic E-state index is 12.4. The van der Waals surface area contributed by atoms with Gasteiger partial charge in [0, 0.05) is 10.7 Å². The van der Waals surface area contributed by atoms with Gasteiger partial charge in [0.1, 0.15) is 5.60 Å². The van der Waals surface area contributed by atoms with Gasteiger partial charge in [-0.25, -0.2) is 4.79 Å². The van der Waals surface area contributed by atoms with Crippen LogP contribution in [0, 0.1) is 0 Å². The Labute approximate surface area is 165 Å². The van der Waals surface area contributed by atoms with Gasteiger partial charge in [0.25, 0.3) is 0 Å². The standard InChI is InChI=1S/C21H25ClN2O3/c1-14(17-10-5-6-11-18(17)22)23-19(25)13-15-8-7-9-16(12-15)24-20(26)27-21(2,3)4/h5-12,14H,13H2,1-4H3,(H,23,25)(H,24,26)/t14-/m1/s1. The topological polar surface area (TPSA) is 67.4 Å². The molecule has 2 aromatic carbocycles. The van der Waals surface area contributed by atoms with Gasteiger partial charge < -0.3 is 10.1 Å². The maximum Gasteiger partial charge on any atom is 0.412 e. The third-order valence-electron chi connectivity index (χ3n) is 3.69. The minimum absolute atomic E-state index is 0.128. The van der Waals surface area contributed by atoms with E-state index in [0.717, 1.165) is 11.1 Å². The molecule has 0 spiro atoms. The highest BCUT2D eigenvalue weighted by Crippen LogP contribution is 2.22. The number of rotatable bonds is 5. The van der Waals surface area contributed by atoms with Crippen LogP contribution in [0.4, 0.5) is 10.5 Å². The maximum atomic E-state index is 12.4. The van der Waals surface area contributed by atoms with Crippen LogP contribution in [0.3, 0.4) is 0 Å². The van der Waals surface area contributed by atoms with Crippen molar-refractivity contribution in [2.75, 3.05) is 5.32 Å². The molecule has 0 aliphatic heterocycles. The van der Waals surface area contributed by atoms with Crippen LogP contribution in [0.2, 0.25) is 5.02 Å². The average molecular weight is 389 g/mol. The Bertz CT molecular complexity index is 815. The van der Waals surface area contributed by atoms with E-state index in [-0.39, 0.29) is 18.4 Å². The summed E-state index contributed by atoms with van der Waals surface area (Å²) in [5.41, 5.74) is 1.66. The first-order valence-corrected chi connectivity index (χ1v) is 9.14. The van der Waals surface area contributed by atoms with Crippen LogP contribution in [0.5, 0.6) is 0 Å². The number of ether oxygens (including phenoxy) is 1. The van der Waals surface area contributed by atoms with Crippen molar-refractivity contribution in [3.8, 4) is 0 Å². The number of amides is 2. The second-order valence-electron chi connectivity index (χ2n) is 7.31. The Morgan fingerprint density at radius 3 is 2.48 bits per heavy atom. The van der Waals surface area contributed by atoms with Crippen molar-refractivity contribution in [2.24, 2.45) is 0 Å². The van der Waals surface area contributed by atoms with E-state index in [1.54, 1.807) is 45.0 Å². The van der Waals surface area contributed by atoms with E-state index in [1.807, 2.05) is 31.2 Å². The molecule has 0 aliphatic carbocycles. The van der Waals surface area contributed by atoms with Crippen molar-refractivity contribution in [1.29, 1.82) is 0 Å². The first-order chi connectivity index (χ1) is 12.6. The fourth-order valence-corrected chi connectivity index (χ4v) is 2.86. The fraction of sp³-hybridized carbons (Fsp3) is 0.333. The second kappa shape index (κ2) is 8.91. The highest BCUT2D eigenvalue weighted by atomic mass is 35.5. The summed E-state index contributed by atoms with van der Waals surface area (Å²) in [5, 5.41) is 6.24. The molecule has 5 nitrogen and oxygen atoms in total. The number of hydrogen-bond donors (Lipinski definition) is 2. The molecule has 0 radical (unpaired) electrons. The van der Waals surface area contributed by atoms with Gasteiger partial charge in [-0.1, -0.05) is 41.9 Å². The van der Waals surface area contributed by atoms with Crippen LogP contribution in [0.15, 0.2) is 48.5 Å². The highest BCUT2D eigenvalue weighted by molar-refractivity contribution is 6.31. The Balaban J connectivity index is 1.96. The van der Waals surface area contributed by atoms with Crippen LogP contribution in [0.25, 0.3) is 0 Å². The minimum atomic E-state index is -0.573. The molecule has 0 heterocycles. The van der Waals surface area contributed by atoms with E-state index in [1.165, 1.54) is 0 Å². The molecule has 2 rings (SSSR count). The lowest BCUT2D eigenvalue weighted by molar-refractivity contribution is -0.121. The molecule has 6 heteroatoms. The third-order valence-corrected chi connectivity index (χ3v) is 4.03. The van der Waals surface area contributed by atoms with E-state index in [9.17, 15) is 9.59 Å². The largest absolute Gasteiger partial charge is 0.444 e. The minimum Gasteiger partial charge on any atom is -0.444 e. The van der Waals surface area contributed by atoms with E-state index in [2.05, 4.69) is 10.6 Å². The smallest absolute Gasteiger partial charge is 0.412 e. The number of nitrogens with one attached hydrogen (secondary N) is 2. The van der Waals surface area contributed by atoms with Crippen molar-refractivity contribution in [2.45, 2.75) is 45.8 Å². The summed E-state index contributed by atoms with van der Waals surface area (Å²) in [6.07, 6.45) is -0.338. The molecule has 1 atom stereocenters. The molecule has 27 heavy (non-hydrogen) atoms. The first kappa shape index (κ1) is 20.8. The predicted molar refractivity (Wildman–Crippen MR) is 108 cm³/mol. The first-order valence-electron chi connectivity index (χ1n) is 8.77. The van der Waals surface area contributed by atoms with Crippen molar-refractivity contribution in [3.63, 3.8) is 0 Å². The van der Waals surface area contributed by atoms with Crippen molar-refractivity contribution in [3.05, 3.63) is 64.7 Å². The zero-order valence-corrected chi connectivity index (χ0v) is 16.8. The second-order valence-corrected chi connectivity index (χ2v) is 7.72. The van der Waals surface area contributed by atoms with Gasteiger partial charge in [-0.2, -0.15) is 0 Å². The van der Waals surface area contributed by atoms with E-state index in [0.29, 0.717) is 10.7 Å². The quantitative estimate of drug-likeness (QED) is 0.748. The summed E-state index contributed by atoms with van der Waals surface area (Å²) in [5.74, 6) is -0.128. The molecule has 144 valence electrons. The Morgan fingerprint density at radius 1 is 1.11 bits per heavy atom. The van der Waals surface area contributed by atoms with E-state index < -0.39 is 11.7 Å². The van der Waals surface area contributed by atoms with Gasteiger partial charge in [0.05, 0.1) is 12.5 Å². The van der Waals surface area contributed by atoms with Gasteiger partial charge >= 0.3 is 6.09 Å². The summed E-state index contributed by atoms with van der Waals surface area (Å²) in [4.78, 5) is 24.2. The Morgan fingerprint density at radius 2 is 1.81 bits per heavy atom. The summed E-state index contributed by atoms with van der Waals surface area (Å²) in [7, 11) is 0. The van der Waals surface area contributed by atoms with Gasteiger partial charge in [0.15, 0.2) is 0 Å². The molecular weight excluding hydrogens is 364 g/mol. The Kier molecular flexibility index (Phi) is 6.86. The van der Waals surface area contributed by atoms with Crippen LogP contribution < -0.4 is 10.6 Å². The average Bonchev–Trinajstić information content (AvgIpc) is 2.53. The van der Waals surface area contributed by atoms with Crippen molar-refractivity contribution in [1.82, 2.24) is 5.32 Å². The molecule has 0 saturated heterocycles. The number of anilines is 1. The molecule has 0 aromatic heterocycles. The van der Waals surface area contributed by atoms with Crippen LogP contribution >= 0.6 is 11.6 Å². The van der Waals surface area contributed by atoms with Crippen LogP contribution in [-0.4, -0.2) is 17.6 Å². The molecule has 0 saturated carbocycles. The van der Waals surface area contributed by atoms with E-state index in [4.69, 9.17) is 16.3 Å². The molecule has 2 amide bonds. The van der Waals surface area contributed by atoms with Gasteiger partial charge in [-0.05, 0) is 57.0 Å².